The molecular formula is C14H25N3O3. The highest BCUT2D eigenvalue weighted by Crippen LogP contribution is 2.27. The molecule has 6 heteroatoms. The average molecular weight is 283 g/mol. The molecule has 2 unspecified atom stereocenters. The third kappa shape index (κ3) is 4.10. The lowest BCUT2D eigenvalue weighted by atomic mass is 9.84. The molecule has 3 aliphatic rings. The zero-order valence-electron chi connectivity index (χ0n) is 12.1. The first-order chi connectivity index (χ1) is 9.56. The summed E-state index contributed by atoms with van der Waals surface area (Å²) in [4.78, 5) is 24.9. The number of carboxylic acid groups (broad SMARTS) is 1. The molecule has 20 heavy (non-hydrogen) atoms. The van der Waals surface area contributed by atoms with E-state index in [1.165, 1.54) is 12.8 Å². The van der Waals surface area contributed by atoms with Gasteiger partial charge in [0.05, 0.1) is 5.92 Å². The minimum Gasteiger partial charge on any atom is -0.481 e. The Morgan fingerprint density at radius 3 is 2.60 bits per heavy atom. The van der Waals surface area contributed by atoms with E-state index in [0.29, 0.717) is 25.3 Å². The predicted octanol–water partition coefficient (Wildman–Crippen LogP) is 0.881. The molecule has 2 atom stereocenters. The van der Waals surface area contributed by atoms with E-state index in [9.17, 15) is 9.59 Å². The third-order valence-corrected chi connectivity index (χ3v) is 4.49. The smallest absolute Gasteiger partial charge is 0.315 e. The molecule has 3 saturated heterocycles. The van der Waals surface area contributed by atoms with Crippen LogP contribution < -0.4 is 10.6 Å². The topological polar surface area (TPSA) is 81.7 Å². The molecule has 3 rings (SSSR count). The minimum absolute atomic E-state index is 0.119. The first kappa shape index (κ1) is 15.1. The highest BCUT2D eigenvalue weighted by molar-refractivity contribution is 5.74. The summed E-state index contributed by atoms with van der Waals surface area (Å²) in [6.45, 7) is 5.52. The van der Waals surface area contributed by atoms with E-state index in [-0.39, 0.29) is 18.0 Å². The maximum Gasteiger partial charge on any atom is 0.315 e. The van der Waals surface area contributed by atoms with Gasteiger partial charge in [-0.05, 0) is 44.7 Å². The van der Waals surface area contributed by atoms with Gasteiger partial charge < -0.3 is 20.6 Å². The summed E-state index contributed by atoms with van der Waals surface area (Å²) < 4.78 is 0. The Morgan fingerprint density at radius 2 is 2.05 bits per heavy atom. The number of aliphatic carboxylic acids is 1. The molecule has 114 valence electrons. The maximum absolute atomic E-state index is 11.8. The molecule has 0 radical (unpaired) electrons. The molecule has 0 spiro atoms. The average Bonchev–Trinajstić information content (AvgIpc) is 2.44. The lowest BCUT2D eigenvalue weighted by Gasteiger charge is -2.44. The van der Waals surface area contributed by atoms with Gasteiger partial charge in [-0.25, -0.2) is 4.79 Å². The van der Waals surface area contributed by atoms with E-state index < -0.39 is 5.97 Å². The molecular weight excluding hydrogens is 258 g/mol. The minimum atomic E-state index is -0.776. The number of carboxylic acids is 1. The Bertz CT molecular complexity index is 354. The number of carbonyl (C=O) groups excluding carboxylic acids is 1. The Hall–Kier alpha value is -1.30. The van der Waals surface area contributed by atoms with Gasteiger partial charge in [0.2, 0.25) is 0 Å². The number of rotatable bonds is 6. The summed E-state index contributed by atoms with van der Waals surface area (Å²) in [7, 11) is 0. The van der Waals surface area contributed by atoms with Gasteiger partial charge in [-0.1, -0.05) is 6.92 Å². The van der Waals surface area contributed by atoms with Crippen LogP contribution in [0.15, 0.2) is 0 Å². The number of urea groups is 1. The fraction of sp³-hybridized carbons (Fsp3) is 0.857. The standard InChI is InChI=1S/C14H25N3O3/c1-10(13(18)19)3-2-6-15-14(20)16-12-9-17-7-4-11(12)5-8-17/h10-12H,2-9H2,1H3,(H,18,19)(H2,15,16,20). The van der Waals surface area contributed by atoms with Crippen molar-refractivity contribution in [2.45, 2.75) is 38.6 Å². The van der Waals surface area contributed by atoms with Crippen LogP contribution in [0, 0.1) is 11.8 Å². The van der Waals surface area contributed by atoms with Crippen LogP contribution in [0.5, 0.6) is 0 Å². The van der Waals surface area contributed by atoms with Gasteiger partial charge in [-0.15, -0.1) is 0 Å². The van der Waals surface area contributed by atoms with Crippen molar-refractivity contribution in [3.8, 4) is 0 Å². The first-order valence-electron chi connectivity index (χ1n) is 7.56. The Morgan fingerprint density at radius 1 is 1.35 bits per heavy atom. The number of nitrogens with one attached hydrogen (secondary N) is 2. The van der Waals surface area contributed by atoms with Crippen molar-refractivity contribution in [2.75, 3.05) is 26.2 Å². The van der Waals surface area contributed by atoms with Gasteiger partial charge in [-0.3, -0.25) is 4.79 Å². The molecule has 0 aromatic heterocycles. The lowest BCUT2D eigenvalue weighted by molar-refractivity contribution is -0.141. The van der Waals surface area contributed by atoms with Crippen molar-refractivity contribution >= 4 is 12.0 Å². The summed E-state index contributed by atoms with van der Waals surface area (Å²) >= 11 is 0. The Kier molecular flexibility index (Phi) is 5.23. The van der Waals surface area contributed by atoms with Crippen LogP contribution in [0.4, 0.5) is 4.79 Å². The number of amides is 2. The zero-order valence-corrected chi connectivity index (χ0v) is 12.1. The Labute approximate surface area is 119 Å². The fourth-order valence-corrected chi connectivity index (χ4v) is 3.08. The number of hydrogen-bond acceptors (Lipinski definition) is 3. The van der Waals surface area contributed by atoms with Crippen molar-refractivity contribution < 1.29 is 14.7 Å². The molecule has 3 N–H and O–H groups in total. The second kappa shape index (κ2) is 6.92. The summed E-state index contributed by atoms with van der Waals surface area (Å²) in [6.07, 6.45) is 3.65. The van der Waals surface area contributed by atoms with Gasteiger partial charge >= 0.3 is 12.0 Å². The van der Waals surface area contributed by atoms with Crippen LogP contribution >= 0.6 is 0 Å². The molecule has 6 nitrogen and oxygen atoms in total. The van der Waals surface area contributed by atoms with E-state index in [1.807, 2.05) is 0 Å². The molecule has 0 aliphatic carbocycles. The van der Waals surface area contributed by atoms with Crippen LogP contribution in [0.25, 0.3) is 0 Å². The molecule has 0 saturated carbocycles. The molecule has 2 bridgehead atoms. The summed E-state index contributed by atoms with van der Waals surface area (Å²) in [6, 6.07) is 0.155. The first-order valence-corrected chi connectivity index (χ1v) is 7.56. The van der Waals surface area contributed by atoms with E-state index in [2.05, 4.69) is 15.5 Å². The van der Waals surface area contributed by atoms with Crippen molar-refractivity contribution in [3.63, 3.8) is 0 Å². The van der Waals surface area contributed by atoms with Gasteiger partial charge in [0, 0.05) is 19.1 Å². The van der Waals surface area contributed by atoms with Crippen molar-refractivity contribution in [1.82, 2.24) is 15.5 Å². The normalized spacial score (nSPS) is 29.8. The van der Waals surface area contributed by atoms with Gasteiger partial charge in [0.25, 0.3) is 0 Å². The van der Waals surface area contributed by atoms with Crippen molar-refractivity contribution in [1.29, 1.82) is 0 Å². The molecule has 0 aromatic carbocycles. The summed E-state index contributed by atoms with van der Waals surface area (Å²) in [5, 5.41) is 14.6. The molecule has 3 heterocycles. The number of piperidine rings is 3. The van der Waals surface area contributed by atoms with E-state index >= 15 is 0 Å². The number of hydrogen-bond donors (Lipinski definition) is 3. The lowest BCUT2D eigenvalue weighted by Crippen LogP contribution is -2.58. The molecule has 0 aromatic rings. The van der Waals surface area contributed by atoms with E-state index in [1.54, 1.807) is 6.92 Å². The van der Waals surface area contributed by atoms with Crippen LogP contribution in [-0.4, -0.2) is 54.2 Å². The van der Waals surface area contributed by atoms with Crippen LogP contribution in [0.2, 0.25) is 0 Å². The van der Waals surface area contributed by atoms with E-state index in [4.69, 9.17) is 5.11 Å². The second-order valence-corrected chi connectivity index (χ2v) is 6.03. The molecule has 3 fully saturated rings. The number of fused-ring (bicyclic) bond motifs is 3. The van der Waals surface area contributed by atoms with Gasteiger partial charge in [-0.2, -0.15) is 0 Å². The SMILES string of the molecule is CC(CCCNC(=O)NC1CN2CCC1CC2)C(=O)O. The van der Waals surface area contributed by atoms with Crippen LogP contribution in [0.3, 0.4) is 0 Å². The second-order valence-electron chi connectivity index (χ2n) is 6.03. The predicted molar refractivity (Wildman–Crippen MR) is 75.5 cm³/mol. The van der Waals surface area contributed by atoms with Crippen LogP contribution in [0.1, 0.15) is 32.6 Å². The van der Waals surface area contributed by atoms with Crippen molar-refractivity contribution in [2.24, 2.45) is 11.8 Å². The van der Waals surface area contributed by atoms with Crippen LogP contribution in [-0.2, 0) is 4.79 Å². The highest BCUT2D eigenvalue weighted by atomic mass is 16.4. The fourth-order valence-electron chi connectivity index (χ4n) is 3.08. The van der Waals surface area contributed by atoms with Gasteiger partial charge in [0.1, 0.15) is 0 Å². The van der Waals surface area contributed by atoms with E-state index in [0.717, 1.165) is 19.6 Å². The monoisotopic (exact) mass is 283 g/mol. The summed E-state index contributed by atoms with van der Waals surface area (Å²) in [5.74, 6) is -0.499. The Balaban J connectivity index is 1.60. The third-order valence-electron chi connectivity index (χ3n) is 4.49. The summed E-state index contributed by atoms with van der Waals surface area (Å²) in [5.41, 5.74) is 0. The number of carbonyl (C=O) groups is 2. The highest BCUT2D eigenvalue weighted by Gasteiger charge is 2.34. The zero-order chi connectivity index (χ0) is 14.5. The number of nitrogens with zero attached hydrogens (tertiary/aromatic N) is 1. The quantitative estimate of drug-likeness (QED) is 0.632. The van der Waals surface area contributed by atoms with Crippen molar-refractivity contribution in [3.05, 3.63) is 0 Å². The largest absolute Gasteiger partial charge is 0.481 e. The van der Waals surface area contributed by atoms with Gasteiger partial charge in [0.15, 0.2) is 0 Å². The maximum atomic E-state index is 11.8. The molecule has 2 amide bonds. The molecule has 3 aliphatic heterocycles.